The number of benzene rings is 1. The Morgan fingerprint density at radius 3 is 2.86 bits per heavy atom. The van der Waals surface area contributed by atoms with E-state index in [4.69, 9.17) is 0 Å². The predicted octanol–water partition coefficient (Wildman–Crippen LogP) is 0.789. The van der Waals surface area contributed by atoms with E-state index in [1.54, 1.807) is 0 Å². The number of nitrogens with one attached hydrogen (secondary N) is 1. The molecule has 14 heavy (non-hydrogen) atoms. The molecule has 1 unspecified atom stereocenters. The fourth-order valence-electron chi connectivity index (χ4n) is 1.83. The van der Waals surface area contributed by atoms with Crippen LogP contribution in [-0.2, 0) is 4.79 Å². The summed E-state index contributed by atoms with van der Waals surface area (Å²) in [5.41, 5.74) is 1.20. The Kier molecular flexibility index (Phi) is 2.79. The van der Waals surface area contributed by atoms with Gasteiger partial charge in [-0.3, -0.25) is 4.79 Å². The van der Waals surface area contributed by atoms with Gasteiger partial charge in [0.05, 0.1) is 6.04 Å². The molecule has 0 spiro atoms. The van der Waals surface area contributed by atoms with Crippen LogP contribution in [0.25, 0.3) is 0 Å². The van der Waals surface area contributed by atoms with Gasteiger partial charge in [-0.2, -0.15) is 0 Å². The van der Waals surface area contributed by atoms with E-state index in [0.29, 0.717) is 0 Å². The van der Waals surface area contributed by atoms with E-state index in [2.05, 4.69) is 17.4 Å². The van der Waals surface area contributed by atoms with Crippen molar-refractivity contribution in [3.63, 3.8) is 0 Å². The van der Waals surface area contributed by atoms with Crippen molar-refractivity contribution in [1.82, 2.24) is 10.2 Å². The van der Waals surface area contributed by atoms with Gasteiger partial charge in [0.2, 0.25) is 6.41 Å². The summed E-state index contributed by atoms with van der Waals surface area (Å²) in [5, 5.41) is 3.30. The first-order chi connectivity index (χ1) is 6.92. The lowest BCUT2D eigenvalue weighted by Crippen LogP contribution is -2.45. The molecule has 2 rings (SSSR count). The van der Waals surface area contributed by atoms with Crippen LogP contribution in [-0.4, -0.2) is 30.9 Å². The molecule has 0 bridgehead atoms. The molecule has 1 amide bonds. The van der Waals surface area contributed by atoms with E-state index in [1.165, 1.54) is 5.56 Å². The molecular weight excluding hydrogens is 176 g/mol. The van der Waals surface area contributed by atoms with Crippen LogP contribution in [0.2, 0.25) is 0 Å². The molecule has 1 saturated heterocycles. The number of nitrogens with zero attached hydrogens (tertiary/aromatic N) is 1. The number of hydrogen-bond acceptors (Lipinski definition) is 2. The lowest BCUT2D eigenvalue weighted by atomic mass is 10.0. The summed E-state index contributed by atoms with van der Waals surface area (Å²) in [5.74, 6) is 0. The van der Waals surface area contributed by atoms with Gasteiger partial charge in [0, 0.05) is 19.6 Å². The Balaban J connectivity index is 2.19. The topological polar surface area (TPSA) is 32.3 Å². The molecule has 0 radical (unpaired) electrons. The molecule has 0 aromatic heterocycles. The maximum atomic E-state index is 10.8. The van der Waals surface area contributed by atoms with Crippen molar-refractivity contribution in [3.05, 3.63) is 35.9 Å². The fourth-order valence-corrected chi connectivity index (χ4v) is 1.83. The molecule has 1 heterocycles. The molecule has 1 aliphatic rings. The zero-order valence-corrected chi connectivity index (χ0v) is 8.02. The minimum Gasteiger partial charge on any atom is -0.336 e. The first-order valence-electron chi connectivity index (χ1n) is 4.88. The van der Waals surface area contributed by atoms with Crippen molar-refractivity contribution in [2.75, 3.05) is 19.6 Å². The van der Waals surface area contributed by atoms with Crippen LogP contribution in [0.3, 0.4) is 0 Å². The molecule has 1 N–H and O–H groups in total. The van der Waals surface area contributed by atoms with Gasteiger partial charge in [-0.05, 0) is 5.56 Å². The first-order valence-corrected chi connectivity index (χ1v) is 4.88. The largest absolute Gasteiger partial charge is 0.336 e. The molecule has 1 aromatic rings. The van der Waals surface area contributed by atoms with Crippen LogP contribution in [0.5, 0.6) is 0 Å². The Labute approximate surface area is 83.7 Å². The monoisotopic (exact) mass is 190 g/mol. The minimum absolute atomic E-state index is 0.197. The van der Waals surface area contributed by atoms with Crippen molar-refractivity contribution in [1.29, 1.82) is 0 Å². The lowest BCUT2D eigenvalue weighted by Gasteiger charge is -2.33. The lowest BCUT2D eigenvalue weighted by molar-refractivity contribution is -0.121. The van der Waals surface area contributed by atoms with E-state index in [1.807, 2.05) is 23.1 Å². The third-order valence-corrected chi connectivity index (χ3v) is 2.60. The van der Waals surface area contributed by atoms with Crippen LogP contribution < -0.4 is 5.32 Å². The van der Waals surface area contributed by atoms with E-state index in [0.717, 1.165) is 26.0 Å². The quantitative estimate of drug-likeness (QED) is 0.699. The number of amides is 1. The number of rotatable bonds is 2. The van der Waals surface area contributed by atoms with Gasteiger partial charge in [0.15, 0.2) is 0 Å². The second-order valence-corrected chi connectivity index (χ2v) is 3.47. The van der Waals surface area contributed by atoms with Gasteiger partial charge in [-0.1, -0.05) is 30.3 Å². The maximum Gasteiger partial charge on any atom is 0.210 e. The average Bonchev–Trinajstić information content (AvgIpc) is 2.30. The predicted molar refractivity (Wildman–Crippen MR) is 54.8 cm³/mol. The fraction of sp³-hybridized carbons (Fsp3) is 0.364. The maximum absolute atomic E-state index is 10.8. The normalized spacial score (nSPS) is 22.0. The molecule has 74 valence electrons. The standard InChI is InChI=1S/C11H14N2O/c14-9-13-7-6-12-8-11(13)10-4-2-1-3-5-10/h1-5,9,11-12H,6-8H2. The number of carbonyl (C=O) groups is 1. The van der Waals surface area contributed by atoms with Crippen LogP contribution in [0, 0.1) is 0 Å². The number of hydrogen-bond donors (Lipinski definition) is 1. The molecule has 3 nitrogen and oxygen atoms in total. The van der Waals surface area contributed by atoms with Crippen molar-refractivity contribution >= 4 is 6.41 Å². The highest BCUT2D eigenvalue weighted by molar-refractivity contribution is 5.49. The summed E-state index contributed by atoms with van der Waals surface area (Å²) in [6.07, 6.45) is 0.943. The first kappa shape index (κ1) is 9.21. The van der Waals surface area contributed by atoms with Crippen LogP contribution >= 0.6 is 0 Å². The highest BCUT2D eigenvalue weighted by Gasteiger charge is 2.21. The van der Waals surface area contributed by atoms with Crippen molar-refractivity contribution in [2.24, 2.45) is 0 Å². The minimum atomic E-state index is 0.197. The number of carbonyl (C=O) groups excluding carboxylic acids is 1. The second kappa shape index (κ2) is 4.24. The highest BCUT2D eigenvalue weighted by atomic mass is 16.1. The van der Waals surface area contributed by atoms with Crippen LogP contribution in [0.1, 0.15) is 11.6 Å². The van der Waals surface area contributed by atoms with Gasteiger partial charge < -0.3 is 10.2 Å². The van der Waals surface area contributed by atoms with E-state index in [9.17, 15) is 4.79 Å². The van der Waals surface area contributed by atoms with E-state index >= 15 is 0 Å². The molecule has 0 saturated carbocycles. The van der Waals surface area contributed by atoms with Gasteiger partial charge in [-0.15, -0.1) is 0 Å². The summed E-state index contributed by atoms with van der Waals surface area (Å²) >= 11 is 0. The summed E-state index contributed by atoms with van der Waals surface area (Å²) in [6.45, 7) is 2.54. The van der Waals surface area contributed by atoms with E-state index in [-0.39, 0.29) is 6.04 Å². The molecule has 3 heteroatoms. The van der Waals surface area contributed by atoms with Gasteiger partial charge in [0.25, 0.3) is 0 Å². The Morgan fingerprint density at radius 1 is 1.36 bits per heavy atom. The highest BCUT2D eigenvalue weighted by Crippen LogP contribution is 2.19. The Morgan fingerprint density at radius 2 is 2.14 bits per heavy atom. The molecule has 1 atom stereocenters. The molecule has 1 aliphatic heterocycles. The summed E-state index contributed by atoms with van der Waals surface area (Å²) in [4.78, 5) is 12.7. The summed E-state index contributed by atoms with van der Waals surface area (Å²) in [7, 11) is 0. The smallest absolute Gasteiger partial charge is 0.210 e. The average molecular weight is 190 g/mol. The Bertz CT molecular complexity index is 299. The summed E-state index contributed by atoms with van der Waals surface area (Å²) < 4.78 is 0. The van der Waals surface area contributed by atoms with Gasteiger partial charge >= 0.3 is 0 Å². The third kappa shape index (κ3) is 1.77. The van der Waals surface area contributed by atoms with Gasteiger partial charge in [0.1, 0.15) is 0 Å². The number of piperazine rings is 1. The second-order valence-electron chi connectivity index (χ2n) is 3.47. The third-order valence-electron chi connectivity index (χ3n) is 2.60. The van der Waals surface area contributed by atoms with Crippen LogP contribution in [0.4, 0.5) is 0 Å². The molecule has 1 aromatic carbocycles. The van der Waals surface area contributed by atoms with Crippen LogP contribution in [0.15, 0.2) is 30.3 Å². The van der Waals surface area contributed by atoms with E-state index < -0.39 is 0 Å². The zero-order valence-electron chi connectivity index (χ0n) is 8.02. The van der Waals surface area contributed by atoms with Crippen molar-refractivity contribution in [3.8, 4) is 0 Å². The SMILES string of the molecule is O=CN1CCNCC1c1ccccc1. The Hall–Kier alpha value is -1.35. The molecule has 1 fully saturated rings. The molecule has 0 aliphatic carbocycles. The summed E-state index contributed by atoms with van der Waals surface area (Å²) in [6, 6.07) is 10.3. The van der Waals surface area contributed by atoms with Crippen molar-refractivity contribution < 1.29 is 4.79 Å². The van der Waals surface area contributed by atoms with Gasteiger partial charge in [-0.25, -0.2) is 0 Å². The van der Waals surface area contributed by atoms with Crippen molar-refractivity contribution in [2.45, 2.75) is 6.04 Å². The zero-order chi connectivity index (χ0) is 9.80. The molecular formula is C11H14N2O.